The van der Waals surface area contributed by atoms with Gasteiger partial charge in [-0.15, -0.1) is 0 Å². The van der Waals surface area contributed by atoms with Crippen LogP contribution in [0.25, 0.3) is 0 Å². The van der Waals surface area contributed by atoms with Gasteiger partial charge < -0.3 is 15.2 Å². The molecule has 2 rings (SSSR count). The number of halogens is 2. The van der Waals surface area contributed by atoms with E-state index in [2.05, 4.69) is 5.32 Å². The SMILES string of the molecule is N#Cc1cc(F)c(Cl)cc1O[C@H](CCNCCO)c1ccccc1. The molecule has 24 heavy (non-hydrogen) atoms. The second-order valence-electron chi connectivity index (χ2n) is 5.15. The van der Waals surface area contributed by atoms with E-state index >= 15 is 0 Å². The fraction of sp³-hybridized carbons (Fsp3) is 0.278. The van der Waals surface area contributed by atoms with Crippen LogP contribution in [-0.4, -0.2) is 24.8 Å². The second kappa shape index (κ2) is 9.24. The summed E-state index contributed by atoms with van der Waals surface area (Å²) in [6.07, 6.45) is 0.287. The number of benzene rings is 2. The van der Waals surface area contributed by atoms with Crippen LogP contribution in [0.2, 0.25) is 5.02 Å². The molecule has 2 aromatic carbocycles. The van der Waals surface area contributed by atoms with Gasteiger partial charge in [0.2, 0.25) is 0 Å². The van der Waals surface area contributed by atoms with Gasteiger partial charge in [-0.1, -0.05) is 41.9 Å². The molecule has 1 atom stereocenters. The van der Waals surface area contributed by atoms with Gasteiger partial charge in [0, 0.05) is 19.0 Å². The molecule has 0 bridgehead atoms. The molecule has 0 fully saturated rings. The Kier molecular flexibility index (Phi) is 7.01. The van der Waals surface area contributed by atoms with Crippen LogP contribution in [0.4, 0.5) is 4.39 Å². The van der Waals surface area contributed by atoms with Crippen LogP contribution in [0.3, 0.4) is 0 Å². The van der Waals surface area contributed by atoms with E-state index in [0.29, 0.717) is 19.5 Å². The minimum Gasteiger partial charge on any atom is -0.484 e. The Hall–Kier alpha value is -2.13. The van der Waals surface area contributed by atoms with Crippen molar-refractivity contribution >= 4 is 11.6 Å². The highest BCUT2D eigenvalue weighted by Crippen LogP contribution is 2.31. The average molecular weight is 349 g/mol. The standard InChI is InChI=1S/C18H18ClFN2O2/c19-15-11-18(14(12-21)10-16(15)20)24-17(6-7-22-8-9-23)13-4-2-1-3-5-13/h1-5,10-11,17,22-23H,6-9H2/t17-/m1/s1. The third kappa shape index (κ3) is 4.93. The van der Waals surface area contributed by atoms with Gasteiger partial charge in [0.25, 0.3) is 0 Å². The quantitative estimate of drug-likeness (QED) is 0.717. The number of rotatable bonds is 8. The first-order chi connectivity index (χ1) is 11.7. The Morgan fingerprint density at radius 1 is 1.25 bits per heavy atom. The molecule has 0 spiro atoms. The molecule has 0 aliphatic heterocycles. The van der Waals surface area contributed by atoms with E-state index in [-0.39, 0.29) is 29.0 Å². The third-order valence-electron chi connectivity index (χ3n) is 3.46. The van der Waals surface area contributed by atoms with Gasteiger partial charge in [-0.2, -0.15) is 5.26 Å². The van der Waals surface area contributed by atoms with Crippen molar-refractivity contribution in [3.63, 3.8) is 0 Å². The molecule has 6 heteroatoms. The molecule has 0 radical (unpaired) electrons. The Bertz CT molecular complexity index is 704. The molecule has 2 N–H and O–H groups in total. The number of nitrogens with zero attached hydrogens (tertiary/aromatic N) is 1. The summed E-state index contributed by atoms with van der Waals surface area (Å²) in [6.45, 7) is 1.17. The Morgan fingerprint density at radius 2 is 2.00 bits per heavy atom. The molecule has 0 unspecified atom stereocenters. The van der Waals surface area contributed by atoms with E-state index in [0.717, 1.165) is 11.6 Å². The number of nitrogens with one attached hydrogen (secondary N) is 1. The molecule has 0 saturated carbocycles. The summed E-state index contributed by atoms with van der Waals surface area (Å²) in [7, 11) is 0. The highest BCUT2D eigenvalue weighted by molar-refractivity contribution is 6.30. The first-order valence-electron chi connectivity index (χ1n) is 7.58. The average Bonchev–Trinajstić information content (AvgIpc) is 2.61. The number of nitriles is 1. The van der Waals surface area contributed by atoms with Gasteiger partial charge in [-0.3, -0.25) is 0 Å². The zero-order valence-corrected chi connectivity index (χ0v) is 13.8. The number of ether oxygens (including phenoxy) is 1. The first kappa shape index (κ1) is 18.2. The molecule has 0 heterocycles. The van der Waals surface area contributed by atoms with Crippen molar-refractivity contribution in [2.24, 2.45) is 0 Å². The van der Waals surface area contributed by atoms with Crippen molar-refractivity contribution in [3.8, 4) is 11.8 Å². The lowest BCUT2D eigenvalue weighted by molar-refractivity contribution is 0.191. The summed E-state index contributed by atoms with van der Waals surface area (Å²) < 4.78 is 19.5. The molecular weight excluding hydrogens is 331 g/mol. The smallest absolute Gasteiger partial charge is 0.143 e. The molecule has 0 saturated heterocycles. The lowest BCUT2D eigenvalue weighted by Crippen LogP contribution is -2.22. The van der Waals surface area contributed by atoms with Gasteiger partial charge in [0.05, 0.1) is 17.2 Å². The Labute approximate surface area is 145 Å². The van der Waals surface area contributed by atoms with Gasteiger partial charge in [0.1, 0.15) is 23.7 Å². The molecule has 4 nitrogen and oxygen atoms in total. The molecule has 2 aromatic rings. The minimum atomic E-state index is -0.651. The van der Waals surface area contributed by atoms with Crippen LogP contribution < -0.4 is 10.1 Å². The van der Waals surface area contributed by atoms with Crippen LogP contribution in [0.1, 0.15) is 23.7 Å². The maximum Gasteiger partial charge on any atom is 0.143 e. The Morgan fingerprint density at radius 3 is 2.67 bits per heavy atom. The third-order valence-corrected chi connectivity index (χ3v) is 3.75. The largest absolute Gasteiger partial charge is 0.484 e. The van der Waals surface area contributed by atoms with Gasteiger partial charge >= 0.3 is 0 Å². The van der Waals surface area contributed by atoms with Crippen molar-refractivity contribution in [2.75, 3.05) is 19.7 Å². The van der Waals surface area contributed by atoms with E-state index in [9.17, 15) is 9.65 Å². The number of aliphatic hydroxyl groups is 1. The highest BCUT2D eigenvalue weighted by Gasteiger charge is 2.17. The van der Waals surface area contributed by atoms with E-state index in [1.165, 1.54) is 6.07 Å². The molecule has 0 aromatic heterocycles. The predicted octanol–water partition coefficient (Wildman–Crippen LogP) is 3.44. The van der Waals surface area contributed by atoms with Crippen LogP contribution in [0, 0.1) is 17.1 Å². The van der Waals surface area contributed by atoms with E-state index in [1.54, 1.807) is 0 Å². The molecule has 0 amide bonds. The van der Waals surface area contributed by atoms with Crippen molar-refractivity contribution < 1.29 is 14.2 Å². The number of hydrogen-bond donors (Lipinski definition) is 2. The summed E-state index contributed by atoms with van der Waals surface area (Å²) in [5.41, 5.74) is 1.04. The predicted molar refractivity (Wildman–Crippen MR) is 90.5 cm³/mol. The molecular formula is C18H18ClFN2O2. The maximum absolute atomic E-state index is 13.5. The second-order valence-corrected chi connectivity index (χ2v) is 5.56. The summed E-state index contributed by atoms with van der Waals surface area (Å²) in [5, 5.41) is 21.0. The topological polar surface area (TPSA) is 65.3 Å². The monoisotopic (exact) mass is 348 g/mol. The zero-order valence-electron chi connectivity index (χ0n) is 13.0. The van der Waals surface area contributed by atoms with Crippen molar-refractivity contribution in [3.05, 3.63) is 64.4 Å². The zero-order chi connectivity index (χ0) is 17.4. The first-order valence-corrected chi connectivity index (χ1v) is 7.96. The summed E-state index contributed by atoms with van der Waals surface area (Å²) in [5.74, 6) is -0.402. The van der Waals surface area contributed by atoms with Crippen molar-refractivity contribution in [2.45, 2.75) is 12.5 Å². The van der Waals surface area contributed by atoms with Gasteiger partial charge in [0.15, 0.2) is 0 Å². The fourth-order valence-corrected chi connectivity index (χ4v) is 2.42. The normalized spacial score (nSPS) is 11.8. The van der Waals surface area contributed by atoms with Crippen molar-refractivity contribution in [1.82, 2.24) is 5.32 Å². The molecule has 0 aliphatic carbocycles. The highest BCUT2D eigenvalue weighted by atomic mass is 35.5. The van der Waals surface area contributed by atoms with Crippen LogP contribution in [-0.2, 0) is 0 Å². The lowest BCUT2D eigenvalue weighted by atomic mass is 10.1. The molecule has 126 valence electrons. The van der Waals surface area contributed by atoms with E-state index in [4.69, 9.17) is 21.4 Å². The summed E-state index contributed by atoms with van der Waals surface area (Å²) in [6, 6.07) is 13.9. The maximum atomic E-state index is 13.5. The van der Waals surface area contributed by atoms with Crippen LogP contribution in [0.5, 0.6) is 5.75 Å². The lowest BCUT2D eigenvalue weighted by Gasteiger charge is -2.21. The number of hydrogen-bond acceptors (Lipinski definition) is 4. The van der Waals surface area contributed by atoms with Crippen molar-refractivity contribution in [1.29, 1.82) is 5.26 Å². The van der Waals surface area contributed by atoms with Crippen LogP contribution >= 0.6 is 11.6 Å². The summed E-state index contributed by atoms with van der Waals surface area (Å²) >= 11 is 5.81. The molecule has 0 aliphatic rings. The Balaban J connectivity index is 2.22. The van der Waals surface area contributed by atoms with Crippen LogP contribution in [0.15, 0.2) is 42.5 Å². The van der Waals surface area contributed by atoms with E-state index in [1.807, 2.05) is 36.4 Å². The van der Waals surface area contributed by atoms with E-state index < -0.39 is 5.82 Å². The summed E-state index contributed by atoms with van der Waals surface area (Å²) in [4.78, 5) is 0. The van der Waals surface area contributed by atoms with Gasteiger partial charge in [-0.25, -0.2) is 4.39 Å². The fourth-order valence-electron chi connectivity index (χ4n) is 2.27. The minimum absolute atomic E-state index is 0.0585. The van der Waals surface area contributed by atoms with Gasteiger partial charge in [-0.05, 0) is 18.2 Å². The number of aliphatic hydroxyl groups excluding tert-OH is 1.